The summed E-state index contributed by atoms with van der Waals surface area (Å²) >= 11 is 0. The van der Waals surface area contributed by atoms with Crippen molar-refractivity contribution in [2.45, 2.75) is 19.8 Å². The maximum Gasteiger partial charge on any atom is 0.341 e. The van der Waals surface area contributed by atoms with Crippen LogP contribution in [0, 0.1) is 6.92 Å². The number of aromatic nitrogens is 2. The lowest BCUT2D eigenvalue weighted by Gasteiger charge is -2.20. The van der Waals surface area contributed by atoms with Gasteiger partial charge in [-0.1, -0.05) is 24.3 Å². The highest BCUT2D eigenvalue weighted by molar-refractivity contribution is 6.18. The maximum absolute atomic E-state index is 12.8. The molecule has 31 heavy (non-hydrogen) atoms. The van der Waals surface area contributed by atoms with Crippen molar-refractivity contribution >= 4 is 44.8 Å². The van der Waals surface area contributed by atoms with Crippen LogP contribution in [0.2, 0.25) is 0 Å². The Morgan fingerprint density at radius 1 is 0.903 bits per heavy atom. The Morgan fingerprint density at radius 3 is 2.10 bits per heavy atom. The number of fused-ring (bicyclic) bond motifs is 4. The fourth-order valence-corrected chi connectivity index (χ4v) is 4.64. The van der Waals surface area contributed by atoms with Gasteiger partial charge in [0.15, 0.2) is 5.82 Å². The summed E-state index contributed by atoms with van der Waals surface area (Å²) in [5, 5.41) is 8.88. The van der Waals surface area contributed by atoms with E-state index in [-0.39, 0.29) is 11.1 Å². The first kappa shape index (κ1) is 19.4. The van der Waals surface area contributed by atoms with Gasteiger partial charge in [-0.05, 0) is 42.7 Å². The summed E-state index contributed by atoms with van der Waals surface area (Å²) in [6.07, 6.45) is 2.22. The van der Waals surface area contributed by atoms with Crippen molar-refractivity contribution in [3.8, 4) is 0 Å². The summed E-state index contributed by atoms with van der Waals surface area (Å²) in [5.74, 6) is -0.312. The molecular formula is C24H23N3O4. The molecule has 7 nitrogen and oxygen atoms in total. The number of aryl methyl sites for hydroxylation is 1. The van der Waals surface area contributed by atoms with E-state index in [1.807, 2.05) is 18.2 Å². The highest BCUT2D eigenvalue weighted by Gasteiger charge is 2.31. The second kappa shape index (κ2) is 7.27. The minimum Gasteiger partial charge on any atom is -0.465 e. The molecule has 1 fully saturated rings. The van der Waals surface area contributed by atoms with E-state index >= 15 is 0 Å². The molecule has 4 aromatic rings. The van der Waals surface area contributed by atoms with Gasteiger partial charge in [0.2, 0.25) is 0 Å². The molecule has 1 saturated heterocycles. The molecular weight excluding hydrogens is 394 g/mol. The number of rotatable bonds is 3. The number of hydrogen-bond donors (Lipinski definition) is 0. The molecule has 0 spiro atoms. The molecule has 0 aliphatic carbocycles. The fraction of sp³-hybridized carbons (Fsp3) is 0.292. The molecule has 2 aromatic carbocycles. The van der Waals surface area contributed by atoms with Crippen molar-refractivity contribution in [2.24, 2.45) is 0 Å². The number of methoxy groups -OCH3 is 2. The second-order valence-electron chi connectivity index (χ2n) is 7.84. The Labute approximate surface area is 179 Å². The van der Waals surface area contributed by atoms with Crippen LogP contribution >= 0.6 is 0 Å². The van der Waals surface area contributed by atoms with E-state index in [1.54, 1.807) is 11.4 Å². The van der Waals surface area contributed by atoms with Gasteiger partial charge < -0.3 is 14.4 Å². The molecule has 5 rings (SSSR count). The summed E-state index contributed by atoms with van der Waals surface area (Å²) < 4.78 is 11.8. The van der Waals surface area contributed by atoms with Gasteiger partial charge in [0.05, 0.1) is 31.0 Å². The molecule has 0 bridgehead atoms. The summed E-state index contributed by atoms with van der Waals surface area (Å²) in [6, 6.07) is 12.3. The van der Waals surface area contributed by atoms with Gasteiger partial charge in [-0.2, -0.15) is 0 Å². The molecule has 3 heterocycles. The molecule has 0 radical (unpaired) electrons. The highest BCUT2D eigenvalue weighted by Crippen LogP contribution is 2.37. The van der Waals surface area contributed by atoms with Gasteiger partial charge in [0.1, 0.15) is 5.56 Å². The lowest BCUT2D eigenvalue weighted by atomic mass is 10.0. The van der Waals surface area contributed by atoms with E-state index in [0.29, 0.717) is 11.2 Å². The van der Waals surface area contributed by atoms with Crippen LogP contribution in [0.3, 0.4) is 0 Å². The van der Waals surface area contributed by atoms with E-state index in [0.717, 1.165) is 53.3 Å². The third-order valence-corrected chi connectivity index (χ3v) is 6.14. The van der Waals surface area contributed by atoms with Crippen LogP contribution in [-0.2, 0) is 9.47 Å². The molecule has 0 N–H and O–H groups in total. The first-order valence-electron chi connectivity index (χ1n) is 10.3. The van der Waals surface area contributed by atoms with Crippen molar-refractivity contribution < 1.29 is 19.1 Å². The standard InChI is InChI=1S/C24H23N3O4/c1-14-19(23(28)30-2)20(24(29)31-3)21-17-12-15-8-4-5-9-16(15)13-18(17)22(25-27(14)21)26-10-6-7-11-26/h4-5,8-9,12-13H,6-7,10-11H2,1-3H3. The number of hydrogen-bond acceptors (Lipinski definition) is 6. The van der Waals surface area contributed by atoms with E-state index in [9.17, 15) is 9.59 Å². The maximum atomic E-state index is 12.8. The first-order chi connectivity index (χ1) is 15.0. The van der Waals surface area contributed by atoms with Gasteiger partial charge in [-0.3, -0.25) is 0 Å². The summed E-state index contributed by atoms with van der Waals surface area (Å²) in [7, 11) is 2.62. The minimum absolute atomic E-state index is 0.188. The van der Waals surface area contributed by atoms with E-state index in [1.165, 1.54) is 14.2 Å². The van der Waals surface area contributed by atoms with Crippen molar-refractivity contribution in [1.29, 1.82) is 0 Å². The Bertz CT molecular complexity index is 1370. The number of carbonyl (C=O) groups is 2. The fourth-order valence-electron chi connectivity index (χ4n) is 4.64. The molecule has 2 aromatic heterocycles. The average molecular weight is 417 g/mol. The van der Waals surface area contributed by atoms with Gasteiger partial charge in [-0.15, -0.1) is 5.10 Å². The van der Waals surface area contributed by atoms with Crippen LogP contribution in [0.1, 0.15) is 39.3 Å². The predicted molar refractivity (Wildman–Crippen MR) is 119 cm³/mol. The van der Waals surface area contributed by atoms with Gasteiger partial charge in [0, 0.05) is 23.9 Å². The Balaban J connectivity index is 2.00. The second-order valence-corrected chi connectivity index (χ2v) is 7.84. The Morgan fingerprint density at radius 2 is 1.48 bits per heavy atom. The largest absolute Gasteiger partial charge is 0.465 e. The summed E-state index contributed by atoms with van der Waals surface area (Å²) in [5.41, 5.74) is 1.49. The smallest absolute Gasteiger partial charge is 0.341 e. The quantitative estimate of drug-likeness (QED) is 0.369. The van der Waals surface area contributed by atoms with Crippen molar-refractivity contribution in [3.63, 3.8) is 0 Å². The monoisotopic (exact) mass is 417 g/mol. The van der Waals surface area contributed by atoms with Gasteiger partial charge in [0.25, 0.3) is 0 Å². The molecule has 0 unspecified atom stereocenters. The van der Waals surface area contributed by atoms with E-state index in [4.69, 9.17) is 14.6 Å². The zero-order valence-electron chi connectivity index (χ0n) is 17.8. The van der Waals surface area contributed by atoms with Crippen molar-refractivity contribution in [3.05, 3.63) is 53.2 Å². The highest BCUT2D eigenvalue weighted by atomic mass is 16.5. The number of carbonyl (C=O) groups excluding carboxylic acids is 2. The van der Waals surface area contributed by atoms with E-state index < -0.39 is 11.9 Å². The molecule has 1 aliphatic heterocycles. The molecule has 0 saturated carbocycles. The zero-order valence-corrected chi connectivity index (χ0v) is 17.8. The normalized spacial score (nSPS) is 14.0. The van der Waals surface area contributed by atoms with Gasteiger partial charge in [-0.25, -0.2) is 14.1 Å². The number of nitrogens with zero attached hydrogens (tertiary/aromatic N) is 3. The van der Waals surface area contributed by atoms with Crippen molar-refractivity contribution in [2.75, 3.05) is 32.2 Å². The SMILES string of the molecule is COC(=O)c1c(C(=O)OC)c2c3cc4ccccc4cc3c(N3CCCC3)nn2c1C. The minimum atomic E-state index is -0.587. The molecule has 1 aliphatic rings. The summed E-state index contributed by atoms with van der Waals surface area (Å²) in [6.45, 7) is 3.63. The van der Waals surface area contributed by atoms with Crippen LogP contribution in [0.5, 0.6) is 0 Å². The lowest BCUT2D eigenvalue weighted by Crippen LogP contribution is -2.20. The molecule has 0 atom stereocenters. The third kappa shape index (κ3) is 2.84. The average Bonchev–Trinajstić information content (AvgIpc) is 3.43. The molecule has 7 heteroatoms. The van der Waals surface area contributed by atoms with Gasteiger partial charge >= 0.3 is 11.9 Å². The summed E-state index contributed by atoms with van der Waals surface area (Å²) in [4.78, 5) is 27.8. The van der Waals surface area contributed by atoms with Crippen molar-refractivity contribution in [1.82, 2.24) is 9.61 Å². The Kier molecular flexibility index (Phi) is 4.54. The third-order valence-electron chi connectivity index (χ3n) is 6.14. The first-order valence-corrected chi connectivity index (χ1v) is 10.3. The molecule has 0 amide bonds. The van der Waals surface area contributed by atoms with E-state index in [2.05, 4.69) is 23.1 Å². The number of benzene rings is 2. The van der Waals surface area contributed by atoms with Crippen LogP contribution in [0.4, 0.5) is 5.82 Å². The van der Waals surface area contributed by atoms with Crippen LogP contribution < -0.4 is 4.90 Å². The predicted octanol–water partition coefficient (Wildman–Crippen LogP) is 4.12. The topological polar surface area (TPSA) is 73.1 Å². The lowest BCUT2D eigenvalue weighted by molar-refractivity contribution is 0.0557. The van der Waals surface area contributed by atoms with Crippen LogP contribution in [0.15, 0.2) is 36.4 Å². The Hall–Kier alpha value is -3.61. The number of anilines is 1. The number of ether oxygens (including phenoxy) is 2. The van der Waals surface area contributed by atoms with Crippen LogP contribution in [-0.4, -0.2) is 48.9 Å². The number of esters is 2. The molecule has 158 valence electrons. The van der Waals surface area contributed by atoms with Crippen LogP contribution in [0.25, 0.3) is 27.1 Å². The zero-order chi connectivity index (χ0) is 21.7.